The highest BCUT2D eigenvalue weighted by Gasteiger charge is 2.43. The minimum Gasteiger partial charge on any atom is -0.480 e. The molecular formula is C13H14FNO4. The van der Waals surface area contributed by atoms with E-state index in [4.69, 9.17) is 9.84 Å². The Morgan fingerprint density at radius 3 is 2.84 bits per heavy atom. The van der Waals surface area contributed by atoms with E-state index in [0.29, 0.717) is 11.1 Å². The number of carbonyl (C=O) groups is 2. The third-order valence-electron chi connectivity index (χ3n) is 3.16. The number of carboxylic acid groups (broad SMARTS) is 1. The number of carboxylic acids is 1. The molecule has 1 amide bonds. The summed E-state index contributed by atoms with van der Waals surface area (Å²) in [5, 5.41) is 8.71. The molecule has 0 bridgehead atoms. The number of ether oxygens (including phenoxy) is 1. The van der Waals surface area contributed by atoms with Gasteiger partial charge in [-0.25, -0.2) is 9.18 Å². The van der Waals surface area contributed by atoms with E-state index < -0.39 is 24.2 Å². The van der Waals surface area contributed by atoms with Crippen LogP contribution in [0.1, 0.15) is 18.1 Å². The molecule has 1 aromatic rings. The zero-order valence-corrected chi connectivity index (χ0v) is 10.6. The second kappa shape index (κ2) is 4.53. The molecule has 0 aliphatic carbocycles. The van der Waals surface area contributed by atoms with Gasteiger partial charge in [-0.15, -0.1) is 0 Å². The molecule has 1 N–H and O–H groups in total. The van der Waals surface area contributed by atoms with Crippen molar-refractivity contribution in [1.82, 2.24) is 4.90 Å². The number of cyclic esters (lactones) is 1. The van der Waals surface area contributed by atoms with E-state index in [0.717, 1.165) is 4.90 Å². The number of halogens is 1. The van der Waals surface area contributed by atoms with Gasteiger partial charge < -0.3 is 9.84 Å². The highest BCUT2D eigenvalue weighted by molar-refractivity contribution is 5.78. The van der Waals surface area contributed by atoms with E-state index >= 15 is 0 Å². The van der Waals surface area contributed by atoms with Gasteiger partial charge in [-0.2, -0.15) is 0 Å². The van der Waals surface area contributed by atoms with Crippen molar-refractivity contribution >= 4 is 12.1 Å². The molecule has 5 nitrogen and oxygen atoms in total. The van der Waals surface area contributed by atoms with Crippen molar-refractivity contribution < 1.29 is 23.8 Å². The molecule has 0 radical (unpaired) electrons. The number of hydrogen-bond acceptors (Lipinski definition) is 3. The fraction of sp³-hybridized carbons (Fsp3) is 0.385. The molecule has 19 heavy (non-hydrogen) atoms. The maximum absolute atomic E-state index is 13.2. The van der Waals surface area contributed by atoms with Crippen molar-refractivity contribution in [1.29, 1.82) is 0 Å². The Morgan fingerprint density at radius 1 is 1.58 bits per heavy atom. The van der Waals surface area contributed by atoms with Crippen LogP contribution in [-0.2, 0) is 15.1 Å². The van der Waals surface area contributed by atoms with E-state index in [1.807, 2.05) is 0 Å². The normalized spacial score (nSPS) is 22.5. The van der Waals surface area contributed by atoms with E-state index in [9.17, 15) is 14.0 Å². The molecule has 0 aromatic heterocycles. The molecular weight excluding hydrogens is 253 g/mol. The Kier molecular flexibility index (Phi) is 3.18. The molecule has 1 fully saturated rings. The SMILES string of the molecule is Cc1cc(C2(C)CN(CC(=O)O)C(=O)O2)ccc1F. The quantitative estimate of drug-likeness (QED) is 0.908. The predicted molar refractivity (Wildman–Crippen MR) is 64.2 cm³/mol. The molecule has 1 aliphatic rings. The van der Waals surface area contributed by atoms with Crippen LogP contribution < -0.4 is 0 Å². The van der Waals surface area contributed by atoms with Crippen LogP contribution in [0.25, 0.3) is 0 Å². The van der Waals surface area contributed by atoms with Gasteiger partial charge in [0.05, 0.1) is 6.54 Å². The van der Waals surface area contributed by atoms with Gasteiger partial charge in [-0.1, -0.05) is 6.07 Å². The van der Waals surface area contributed by atoms with Gasteiger partial charge in [0.1, 0.15) is 12.4 Å². The average molecular weight is 267 g/mol. The summed E-state index contributed by atoms with van der Waals surface area (Å²) in [5.41, 5.74) is 0.143. The number of aliphatic carboxylic acids is 1. The molecule has 1 aliphatic heterocycles. The summed E-state index contributed by atoms with van der Waals surface area (Å²) in [6.07, 6.45) is -0.674. The number of hydrogen-bond donors (Lipinski definition) is 1. The topological polar surface area (TPSA) is 66.8 Å². The van der Waals surface area contributed by atoms with Crippen LogP contribution in [0.15, 0.2) is 18.2 Å². The minimum atomic E-state index is -1.10. The number of aryl methyl sites for hydroxylation is 1. The Labute approximate surface area is 109 Å². The van der Waals surface area contributed by atoms with Crippen molar-refractivity contribution in [3.05, 3.63) is 35.1 Å². The lowest BCUT2D eigenvalue weighted by Crippen LogP contribution is -2.33. The number of amides is 1. The predicted octanol–water partition coefficient (Wildman–Crippen LogP) is 1.89. The zero-order chi connectivity index (χ0) is 14.2. The molecule has 1 heterocycles. The minimum absolute atomic E-state index is 0.128. The monoisotopic (exact) mass is 267 g/mol. The summed E-state index contributed by atoms with van der Waals surface area (Å²) in [6.45, 7) is 3.02. The van der Waals surface area contributed by atoms with Gasteiger partial charge in [0, 0.05) is 0 Å². The fourth-order valence-electron chi connectivity index (χ4n) is 2.13. The van der Waals surface area contributed by atoms with Crippen molar-refractivity contribution in [3.63, 3.8) is 0 Å². The summed E-state index contributed by atoms with van der Waals surface area (Å²) in [7, 11) is 0. The van der Waals surface area contributed by atoms with E-state index in [1.165, 1.54) is 6.07 Å². The molecule has 6 heteroatoms. The highest BCUT2D eigenvalue weighted by atomic mass is 19.1. The Bertz CT molecular complexity index is 545. The number of rotatable bonds is 3. The lowest BCUT2D eigenvalue weighted by molar-refractivity contribution is -0.137. The average Bonchev–Trinajstić information content (AvgIpc) is 2.58. The van der Waals surface area contributed by atoms with Gasteiger partial charge in [-0.05, 0) is 37.1 Å². The number of benzene rings is 1. The standard InChI is InChI=1S/C13H14FNO4/c1-8-5-9(3-4-10(8)14)13(2)7-15(6-11(16)17)12(18)19-13/h3-5H,6-7H2,1-2H3,(H,16,17). The molecule has 0 spiro atoms. The van der Waals surface area contributed by atoms with Gasteiger partial charge in [0.15, 0.2) is 5.60 Å². The second-order valence-electron chi connectivity index (χ2n) is 4.81. The van der Waals surface area contributed by atoms with E-state index in [-0.39, 0.29) is 12.4 Å². The van der Waals surface area contributed by atoms with Crippen LogP contribution in [0.4, 0.5) is 9.18 Å². The Balaban J connectivity index is 2.26. The largest absolute Gasteiger partial charge is 0.480 e. The third kappa shape index (κ3) is 2.52. The molecule has 1 saturated heterocycles. The van der Waals surface area contributed by atoms with Gasteiger partial charge in [-0.3, -0.25) is 9.69 Å². The smallest absolute Gasteiger partial charge is 0.411 e. The first-order valence-electron chi connectivity index (χ1n) is 5.78. The molecule has 0 saturated carbocycles. The first-order chi connectivity index (χ1) is 8.82. The first kappa shape index (κ1) is 13.3. The molecule has 1 unspecified atom stereocenters. The molecule has 2 rings (SSSR count). The highest BCUT2D eigenvalue weighted by Crippen LogP contribution is 2.33. The van der Waals surface area contributed by atoms with E-state index in [1.54, 1.807) is 26.0 Å². The van der Waals surface area contributed by atoms with Gasteiger partial charge >= 0.3 is 12.1 Å². The molecule has 1 atom stereocenters. The van der Waals surface area contributed by atoms with Crippen molar-refractivity contribution in [2.75, 3.05) is 13.1 Å². The maximum atomic E-state index is 13.2. The second-order valence-corrected chi connectivity index (χ2v) is 4.81. The van der Waals surface area contributed by atoms with Crippen LogP contribution in [0, 0.1) is 12.7 Å². The maximum Gasteiger partial charge on any atom is 0.411 e. The molecule has 1 aromatic carbocycles. The van der Waals surface area contributed by atoms with E-state index in [2.05, 4.69) is 0 Å². The Hall–Kier alpha value is -2.11. The zero-order valence-electron chi connectivity index (χ0n) is 10.6. The summed E-state index contributed by atoms with van der Waals surface area (Å²) in [6, 6.07) is 4.45. The van der Waals surface area contributed by atoms with Crippen LogP contribution in [-0.4, -0.2) is 35.2 Å². The molecule has 102 valence electrons. The number of carbonyl (C=O) groups excluding carboxylic acids is 1. The van der Waals surface area contributed by atoms with Gasteiger partial charge in [0.25, 0.3) is 0 Å². The van der Waals surface area contributed by atoms with Crippen molar-refractivity contribution in [2.45, 2.75) is 19.4 Å². The lowest BCUT2D eigenvalue weighted by Gasteiger charge is -2.22. The van der Waals surface area contributed by atoms with Gasteiger partial charge in [0.2, 0.25) is 0 Å². The van der Waals surface area contributed by atoms with Crippen LogP contribution in [0.2, 0.25) is 0 Å². The summed E-state index contributed by atoms with van der Waals surface area (Å²) in [5.74, 6) is -1.43. The van der Waals surface area contributed by atoms with Crippen LogP contribution in [0.5, 0.6) is 0 Å². The van der Waals surface area contributed by atoms with Crippen molar-refractivity contribution in [2.24, 2.45) is 0 Å². The Morgan fingerprint density at radius 2 is 2.26 bits per heavy atom. The van der Waals surface area contributed by atoms with Crippen LogP contribution >= 0.6 is 0 Å². The van der Waals surface area contributed by atoms with Crippen molar-refractivity contribution in [3.8, 4) is 0 Å². The fourth-order valence-corrected chi connectivity index (χ4v) is 2.13. The van der Waals surface area contributed by atoms with Crippen LogP contribution in [0.3, 0.4) is 0 Å². The third-order valence-corrected chi connectivity index (χ3v) is 3.16. The first-order valence-corrected chi connectivity index (χ1v) is 5.78. The number of nitrogens with zero attached hydrogens (tertiary/aromatic N) is 1. The lowest BCUT2D eigenvalue weighted by atomic mass is 9.94. The summed E-state index contributed by atoms with van der Waals surface area (Å²) >= 11 is 0. The summed E-state index contributed by atoms with van der Waals surface area (Å²) < 4.78 is 18.5. The summed E-state index contributed by atoms with van der Waals surface area (Å²) in [4.78, 5) is 23.4.